The Balaban J connectivity index is 1.72. The second-order valence-corrected chi connectivity index (χ2v) is 7.98. The van der Waals surface area contributed by atoms with E-state index in [1.54, 1.807) is 0 Å². The average Bonchev–Trinajstić information content (AvgIpc) is 2.82. The van der Waals surface area contributed by atoms with Gasteiger partial charge in [0.1, 0.15) is 11.8 Å². The maximum absolute atomic E-state index is 12.0. The summed E-state index contributed by atoms with van der Waals surface area (Å²) in [5.41, 5.74) is 4.53. The Bertz CT molecular complexity index is 983. The van der Waals surface area contributed by atoms with Crippen LogP contribution in [0.1, 0.15) is 43.4 Å². The number of carbonyl (C=O) groups is 1. The number of aliphatic carboxylic acids is 1. The van der Waals surface area contributed by atoms with Crippen LogP contribution in [0.2, 0.25) is 0 Å². The van der Waals surface area contributed by atoms with Crippen LogP contribution in [0.15, 0.2) is 78.9 Å². The third-order valence-corrected chi connectivity index (χ3v) is 6.00. The van der Waals surface area contributed by atoms with Crippen molar-refractivity contribution < 1.29 is 14.6 Å². The Morgan fingerprint density at radius 3 is 2.16 bits per heavy atom. The van der Waals surface area contributed by atoms with Gasteiger partial charge in [-0.2, -0.15) is 0 Å². The zero-order valence-electron chi connectivity index (χ0n) is 17.9. The van der Waals surface area contributed by atoms with Gasteiger partial charge in [-0.15, -0.1) is 0 Å². The first kappa shape index (κ1) is 21.1. The molecule has 1 heterocycles. The van der Waals surface area contributed by atoms with Crippen LogP contribution in [0.4, 0.5) is 0 Å². The van der Waals surface area contributed by atoms with E-state index in [1.165, 1.54) is 5.56 Å². The van der Waals surface area contributed by atoms with E-state index in [2.05, 4.69) is 53.4 Å². The largest absolute Gasteiger partial charge is 0.494 e. The summed E-state index contributed by atoms with van der Waals surface area (Å²) in [4.78, 5) is 14.2. The number of likely N-dealkylation sites (tertiary alicyclic amines) is 1. The lowest BCUT2D eigenvalue weighted by atomic mass is 9.90. The third kappa shape index (κ3) is 4.80. The van der Waals surface area contributed by atoms with E-state index in [1.807, 2.05) is 37.3 Å². The lowest BCUT2D eigenvalue weighted by molar-refractivity contribution is -0.145. The van der Waals surface area contributed by atoms with Crippen molar-refractivity contribution in [3.63, 3.8) is 0 Å². The highest BCUT2D eigenvalue weighted by Gasteiger charge is 2.35. The van der Waals surface area contributed by atoms with E-state index >= 15 is 0 Å². The first-order valence-electron chi connectivity index (χ1n) is 11.0. The molecule has 4 heteroatoms. The van der Waals surface area contributed by atoms with E-state index in [9.17, 15) is 9.90 Å². The van der Waals surface area contributed by atoms with Crippen LogP contribution in [-0.4, -0.2) is 35.2 Å². The van der Waals surface area contributed by atoms with Gasteiger partial charge in [0, 0.05) is 0 Å². The van der Waals surface area contributed by atoms with Gasteiger partial charge in [-0.3, -0.25) is 9.69 Å². The van der Waals surface area contributed by atoms with Crippen LogP contribution in [0, 0.1) is 0 Å². The fourth-order valence-corrected chi connectivity index (χ4v) is 4.50. The van der Waals surface area contributed by atoms with Gasteiger partial charge in [-0.05, 0) is 60.7 Å². The molecule has 160 valence electrons. The van der Waals surface area contributed by atoms with Crippen molar-refractivity contribution >= 4 is 5.97 Å². The molecule has 1 fully saturated rings. The Hall–Kier alpha value is -3.11. The molecule has 2 atom stereocenters. The molecule has 1 aliphatic rings. The minimum Gasteiger partial charge on any atom is -0.494 e. The Morgan fingerprint density at radius 2 is 1.55 bits per heavy atom. The quantitative estimate of drug-likeness (QED) is 0.531. The number of hydrogen-bond acceptors (Lipinski definition) is 3. The number of piperidine rings is 1. The first-order chi connectivity index (χ1) is 15.2. The highest BCUT2D eigenvalue weighted by Crippen LogP contribution is 2.36. The number of ether oxygens (including phenoxy) is 1. The Morgan fingerprint density at radius 1 is 0.935 bits per heavy atom. The molecule has 0 aliphatic carbocycles. The van der Waals surface area contributed by atoms with Gasteiger partial charge in [0.05, 0.1) is 12.6 Å². The van der Waals surface area contributed by atoms with Gasteiger partial charge in [-0.25, -0.2) is 0 Å². The highest BCUT2D eigenvalue weighted by molar-refractivity contribution is 5.74. The summed E-state index contributed by atoms with van der Waals surface area (Å²) in [6.07, 6.45) is 2.65. The Kier molecular flexibility index (Phi) is 6.68. The molecule has 1 aliphatic heterocycles. The van der Waals surface area contributed by atoms with Crippen LogP contribution >= 0.6 is 0 Å². The molecule has 0 radical (unpaired) electrons. The van der Waals surface area contributed by atoms with Gasteiger partial charge in [0.2, 0.25) is 0 Å². The van der Waals surface area contributed by atoms with Crippen LogP contribution in [0.3, 0.4) is 0 Å². The second-order valence-electron chi connectivity index (χ2n) is 7.98. The van der Waals surface area contributed by atoms with Crippen molar-refractivity contribution in [1.82, 2.24) is 4.90 Å². The maximum Gasteiger partial charge on any atom is 0.320 e. The number of nitrogens with zero attached hydrogens (tertiary/aromatic N) is 1. The minimum atomic E-state index is -0.739. The number of carboxylic acids is 1. The van der Waals surface area contributed by atoms with E-state index in [4.69, 9.17) is 4.74 Å². The van der Waals surface area contributed by atoms with Crippen LogP contribution < -0.4 is 4.74 Å². The molecule has 0 saturated carbocycles. The van der Waals surface area contributed by atoms with E-state index < -0.39 is 12.0 Å². The molecular formula is C27H29NO3. The molecule has 1 N–H and O–H groups in total. The van der Waals surface area contributed by atoms with Crippen molar-refractivity contribution in [2.75, 3.05) is 13.2 Å². The number of carboxylic acid groups (broad SMARTS) is 1. The van der Waals surface area contributed by atoms with Gasteiger partial charge in [0.25, 0.3) is 0 Å². The summed E-state index contributed by atoms with van der Waals surface area (Å²) in [7, 11) is 0. The maximum atomic E-state index is 12.0. The number of rotatable bonds is 7. The second kappa shape index (κ2) is 9.80. The van der Waals surface area contributed by atoms with Crippen LogP contribution in [0.5, 0.6) is 5.75 Å². The lowest BCUT2D eigenvalue weighted by Crippen LogP contribution is -2.46. The number of benzene rings is 3. The van der Waals surface area contributed by atoms with Crippen molar-refractivity contribution in [2.45, 2.75) is 38.3 Å². The molecule has 0 spiro atoms. The topological polar surface area (TPSA) is 49.8 Å². The zero-order chi connectivity index (χ0) is 21.6. The van der Waals surface area contributed by atoms with Gasteiger partial charge in [0.15, 0.2) is 0 Å². The summed E-state index contributed by atoms with van der Waals surface area (Å²) in [5, 5.41) is 9.90. The molecule has 0 amide bonds. The van der Waals surface area contributed by atoms with Gasteiger partial charge in [-0.1, -0.05) is 73.2 Å². The SMILES string of the molecule is CCOc1ccc(C(c2ccc(-c3ccccc3)cc2)N2CCCCC2C(=O)O)cc1. The molecular weight excluding hydrogens is 386 g/mol. The zero-order valence-corrected chi connectivity index (χ0v) is 17.9. The van der Waals surface area contributed by atoms with E-state index in [0.717, 1.165) is 41.8 Å². The predicted molar refractivity (Wildman–Crippen MR) is 123 cm³/mol. The molecule has 0 bridgehead atoms. The molecule has 3 aromatic carbocycles. The fraction of sp³-hybridized carbons (Fsp3) is 0.296. The van der Waals surface area contributed by atoms with Crippen molar-refractivity contribution in [3.8, 4) is 16.9 Å². The Labute approximate surface area is 184 Å². The van der Waals surface area contributed by atoms with Crippen molar-refractivity contribution in [1.29, 1.82) is 0 Å². The lowest BCUT2D eigenvalue weighted by Gasteiger charge is -2.39. The minimum absolute atomic E-state index is 0.109. The smallest absolute Gasteiger partial charge is 0.320 e. The number of hydrogen-bond donors (Lipinski definition) is 1. The summed E-state index contributed by atoms with van der Waals surface area (Å²) in [6.45, 7) is 3.36. The van der Waals surface area contributed by atoms with E-state index in [-0.39, 0.29) is 6.04 Å². The summed E-state index contributed by atoms with van der Waals surface area (Å²) < 4.78 is 5.61. The molecule has 31 heavy (non-hydrogen) atoms. The van der Waals surface area contributed by atoms with Gasteiger partial charge < -0.3 is 9.84 Å². The molecule has 4 nitrogen and oxygen atoms in total. The summed E-state index contributed by atoms with van der Waals surface area (Å²) in [6, 6.07) is 26.3. The first-order valence-corrected chi connectivity index (χ1v) is 11.0. The summed E-state index contributed by atoms with van der Waals surface area (Å²) in [5.74, 6) is 0.0920. The molecule has 0 aromatic heterocycles. The van der Waals surface area contributed by atoms with Gasteiger partial charge >= 0.3 is 5.97 Å². The third-order valence-electron chi connectivity index (χ3n) is 6.00. The van der Waals surface area contributed by atoms with Crippen LogP contribution in [-0.2, 0) is 4.79 Å². The summed E-state index contributed by atoms with van der Waals surface area (Å²) >= 11 is 0. The molecule has 1 saturated heterocycles. The van der Waals surface area contributed by atoms with Crippen molar-refractivity contribution in [2.24, 2.45) is 0 Å². The average molecular weight is 416 g/mol. The normalized spacial score (nSPS) is 17.8. The van der Waals surface area contributed by atoms with Crippen molar-refractivity contribution in [3.05, 3.63) is 90.0 Å². The molecule has 4 rings (SSSR count). The fourth-order valence-electron chi connectivity index (χ4n) is 4.50. The predicted octanol–water partition coefficient (Wildman–Crippen LogP) is 5.78. The molecule has 2 unspecified atom stereocenters. The monoisotopic (exact) mass is 415 g/mol. The standard InChI is InChI=1S/C27H29NO3/c1-2-31-24-17-15-23(16-18-24)26(28-19-7-6-10-25(28)27(29)30)22-13-11-21(12-14-22)20-8-4-3-5-9-20/h3-5,8-9,11-18,25-26H,2,6-7,10,19H2,1H3,(H,29,30). The van der Waals surface area contributed by atoms with Crippen LogP contribution in [0.25, 0.3) is 11.1 Å². The van der Waals surface area contributed by atoms with E-state index in [0.29, 0.717) is 13.0 Å². The highest BCUT2D eigenvalue weighted by atomic mass is 16.5. The molecule has 3 aromatic rings.